The highest BCUT2D eigenvalue weighted by Gasteiger charge is 2.28. The lowest BCUT2D eigenvalue weighted by molar-refractivity contribution is -0.124. The van der Waals surface area contributed by atoms with Crippen LogP contribution in [0.1, 0.15) is 30.8 Å². The van der Waals surface area contributed by atoms with Crippen molar-refractivity contribution in [3.05, 3.63) is 48.2 Å². The molecule has 0 saturated carbocycles. The Labute approximate surface area is 183 Å². The molecule has 2 aliphatic heterocycles. The second-order valence-corrected chi connectivity index (χ2v) is 8.99. The number of nitrogens with zero attached hydrogens (tertiary/aromatic N) is 4. The third-order valence-corrected chi connectivity index (χ3v) is 6.95. The fourth-order valence-corrected chi connectivity index (χ4v) is 4.69. The highest BCUT2D eigenvalue weighted by Crippen LogP contribution is 2.26. The first-order valence-corrected chi connectivity index (χ1v) is 11.3. The van der Waals surface area contributed by atoms with Crippen molar-refractivity contribution in [1.82, 2.24) is 19.4 Å². The van der Waals surface area contributed by atoms with E-state index in [1.54, 1.807) is 0 Å². The molecule has 2 saturated heterocycles. The molecule has 1 atom stereocenters. The molecule has 5 rings (SSSR count). The SMILES string of the molecule is Cc1ncc(-c2ccc3cnc(CC(=O)C4CCN(CC5CCO5)CC4)cc3c2)n1C. The van der Waals surface area contributed by atoms with E-state index in [2.05, 4.69) is 43.7 Å². The highest BCUT2D eigenvalue weighted by molar-refractivity contribution is 5.88. The summed E-state index contributed by atoms with van der Waals surface area (Å²) in [4.78, 5) is 24.4. The Morgan fingerprint density at radius 2 is 1.90 bits per heavy atom. The molecular weight excluding hydrogens is 388 g/mol. The van der Waals surface area contributed by atoms with Crippen LogP contribution in [0.2, 0.25) is 0 Å². The fourth-order valence-electron chi connectivity index (χ4n) is 4.69. The standard InChI is InChI=1S/C25H30N4O2/c1-17-26-15-24(28(17)2)19-3-4-20-14-27-22(12-21(20)11-19)13-25(30)18-5-8-29(9-6-18)16-23-7-10-31-23/h3-4,11-12,14-15,18,23H,5-10,13,16H2,1-2H3. The molecule has 6 nitrogen and oxygen atoms in total. The van der Waals surface area contributed by atoms with Crippen molar-refractivity contribution in [2.75, 3.05) is 26.2 Å². The van der Waals surface area contributed by atoms with Gasteiger partial charge in [0.25, 0.3) is 0 Å². The van der Waals surface area contributed by atoms with E-state index in [0.29, 0.717) is 18.3 Å². The molecule has 0 aliphatic carbocycles. The number of rotatable bonds is 6. The quantitative estimate of drug-likeness (QED) is 0.613. The molecule has 3 aromatic rings. The van der Waals surface area contributed by atoms with Crippen molar-refractivity contribution in [1.29, 1.82) is 0 Å². The second kappa shape index (κ2) is 8.52. The maximum Gasteiger partial charge on any atom is 0.142 e. The Bertz CT molecular complexity index is 1090. The van der Waals surface area contributed by atoms with Crippen LogP contribution in [0.15, 0.2) is 36.7 Å². The third-order valence-electron chi connectivity index (χ3n) is 6.95. The topological polar surface area (TPSA) is 60.3 Å². The molecule has 2 aliphatic rings. The number of aromatic nitrogens is 3. The van der Waals surface area contributed by atoms with E-state index in [1.807, 2.05) is 26.4 Å². The van der Waals surface area contributed by atoms with Crippen molar-refractivity contribution in [3.63, 3.8) is 0 Å². The molecule has 2 aromatic heterocycles. The zero-order chi connectivity index (χ0) is 21.4. The van der Waals surface area contributed by atoms with Gasteiger partial charge in [-0.1, -0.05) is 12.1 Å². The number of hydrogen-bond acceptors (Lipinski definition) is 5. The van der Waals surface area contributed by atoms with Crippen LogP contribution in [0, 0.1) is 12.8 Å². The molecular formula is C25H30N4O2. The molecule has 0 spiro atoms. The lowest BCUT2D eigenvalue weighted by atomic mass is 9.89. The monoisotopic (exact) mass is 418 g/mol. The summed E-state index contributed by atoms with van der Waals surface area (Å²) in [5, 5.41) is 2.20. The summed E-state index contributed by atoms with van der Waals surface area (Å²) in [6.07, 6.45) is 7.69. The summed E-state index contributed by atoms with van der Waals surface area (Å²) in [6.45, 7) is 5.92. The van der Waals surface area contributed by atoms with Gasteiger partial charge in [0.2, 0.25) is 0 Å². The number of fused-ring (bicyclic) bond motifs is 1. The minimum atomic E-state index is 0.153. The minimum Gasteiger partial charge on any atom is -0.377 e. The van der Waals surface area contributed by atoms with E-state index >= 15 is 0 Å². The minimum absolute atomic E-state index is 0.153. The number of benzene rings is 1. The number of piperidine rings is 1. The number of imidazole rings is 1. The summed E-state index contributed by atoms with van der Waals surface area (Å²) in [5.41, 5.74) is 3.08. The molecule has 162 valence electrons. The van der Waals surface area contributed by atoms with Gasteiger partial charge < -0.3 is 14.2 Å². The molecule has 6 heteroatoms. The van der Waals surface area contributed by atoms with Crippen LogP contribution in [-0.4, -0.2) is 57.6 Å². The summed E-state index contributed by atoms with van der Waals surface area (Å²) in [7, 11) is 2.03. The third kappa shape index (κ3) is 4.27. The number of pyridine rings is 1. The van der Waals surface area contributed by atoms with Gasteiger partial charge in [0, 0.05) is 55.4 Å². The summed E-state index contributed by atoms with van der Waals surface area (Å²) >= 11 is 0. The van der Waals surface area contributed by atoms with E-state index in [4.69, 9.17) is 4.74 Å². The van der Waals surface area contributed by atoms with Crippen LogP contribution in [-0.2, 0) is 23.0 Å². The first kappa shape index (κ1) is 20.3. The van der Waals surface area contributed by atoms with Crippen molar-refractivity contribution in [2.24, 2.45) is 13.0 Å². The van der Waals surface area contributed by atoms with E-state index in [-0.39, 0.29) is 5.92 Å². The number of ether oxygens (including phenoxy) is 1. The van der Waals surface area contributed by atoms with Crippen LogP contribution in [0.25, 0.3) is 22.0 Å². The predicted molar refractivity (Wildman–Crippen MR) is 121 cm³/mol. The average molecular weight is 419 g/mol. The Hall–Kier alpha value is -2.57. The van der Waals surface area contributed by atoms with Crippen molar-refractivity contribution in [3.8, 4) is 11.3 Å². The van der Waals surface area contributed by atoms with Gasteiger partial charge in [0.1, 0.15) is 11.6 Å². The Kier molecular flexibility index (Phi) is 5.59. The molecule has 4 heterocycles. The molecule has 0 radical (unpaired) electrons. The average Bonchev–Trinajstić information content (AvgIpc) is 3.09. The Morgan fingerprint density at radius 3 is 2.58 bits per heavy atom. The zero-order valence-corrected chi connectivity index (χ0v) is 18.4. The number of aryl methyl sites for hydroxylation is 1. The number of carbonyl (C=O) groups is 1. The number of likely N-dealkylation sites (tertiary alicyclic amines) is 1. The molecule has 2 fully saturated rings. The van der Waals surface area contributed by atoms with Gasteiger partial charge in [0.05, 0.1) is 18.0 Å². The van der Waals surface area contributed by atoms with Gasteiger partial charge in [-0.15, -0.1) is 0 Å². The van der Waals surface area contributed by atoms with Gasteiger partial charge in [-0.2, -0.15) is 0 Å². The van der Waals surface area contributed by atoms with Gasteiger partial charge >= 0.3 is 0 Å². The molecule has 1 unspecified atom stereocenters. The lowest BCUT2D eigenvalue weighted by Crippen LogP contribution is -2.44. The van der Waals surface area contributed by atoms with Gasteiger partial charge in [0.15, 0.2) is 0 Å². The smallest absolute Gasteiger partial charge is 0.142 e. The summed E-state index contributed by atoms with van der Waals surface area (Å²) in [6, 6.07) is 8.44. The van der Waals surface area contributed by atoms with Gasteiger partial charge in [-0.25, -0.2) is 4.98 Å². The van der Waals surface area contributed by atoms with Crippen molar-refractivity contribution < 1.29 is 9.53 Å². The fraction of sp³-hybridized carbons (Fsp3) is 0.480. The lowest BCUT2D eigenvalue weighted by Gasteiger charge is -2.36. The van der Waals surface area contributed by atoms with Crippen LogP contribution in [0.5, 0.6) is 0 Å². The van der Waals surface area contributed by atoms with Crippen LogP contribution >= 0.6 is 0 Å². The van der Waals surface area contributed by atoms with Crippen molar-refractivity contribution >= 4 is 16.6 Å². The van der Waals surface area contributed by atoms with Crippen LogP contribution in [0.3, 0.4) is 0 Å². The first-order valence-electron chi connectivity index (χ1n) is 11.3. The first-order chi connectivity index (χ1) is 15.1. The molecule has 0 bridgehead atoms. The molecule has 0 N–H and O–H groups in total. The maximum absolute atomic E-state index is 12.9. The summed E-state index contributed by atoms with van der Waals surface area (Å²) in [5.74, 6) is 1.46. The maximum atomic E-state index is 12.9. The molecule has 31 heavy (non-hydrogen) atoms. The Balaban J connectivity index is 1.25. The molecule has 1 aromatic carbocycles. The second-order valence-electron chi connectivity index (χ2n) is 8.99. The predicted octanol–water partition coefficient (Wildman–Crippen LogP) is 3.56. The van der Waals surface area contributed by atoms with E-state index in [9.17, 15) is 4.79 Å². The number of ketones is 1. The van der Waals surface area contributed by atoms with E-state index in [0.717, 1.165) is 72.6 Å². The number of hydrogen-bond donors (Lipinski definition) is 0. The largest absolute Gasteiger partial charge is 0.377 e. The zero-order valence-electron chi connectivity index (χ0n) is 18.4. The van der Waals surface area contributed by atoms with E-state index in [1.165, 1.54) is 6.42 Å². The Morgan fingerprint density at radius 1 is 1.10 bits per heavy atom. The highest BCUT2D eigenvalue weighted by atomic mass is 16.5. The van der Waals surface area contributed by atoms with Gasteiger partial charge in [-0.3, -0.25) is 9.78 Å². The van der Waals surface area contributed by atoms with Crippen molar-refractivity contribution in [2.45, 2.75) is 38.7 Å². The number of carbonyl (C=O) groups excluding carboxylic acids is 1. The van der Waals surface area contributed by atoms with E-state index < -0.39 is 0 Å². The van der Waals surface area contributed by atoms with Crippen LogP contribution < -0.4 is 0 Å². The van der Waals surface area contributed by atoms with Gasteiger partial charge in [-0.05, 0) is 56.8 Å². The van der Waals surface area contributed by atoms with Crippen LogP contribution in [0.4, 0.5) is 0 Å². The summed E-state index contributed by atoms with van der Waals surface area (Å²) < 4.78 is 7.64. The molecule has 0 amide bonds. The normalized spacial score (nSPS) is 20.1. The number of Topliss-reactive ketones (excluding diaryl/α,β-unsaturated/α-hetero) is 1.